The molecule has 0 atom stereocenters. The summed E-state index contributed by atoms with van der Waals surface area (Å²) in [4.78, 5) is 0. The predicted molar refractivity (Wildman–Crippen MR) is 105 cm³/mol. The third kappa shape index (κ3) is 3.10. The Balaban J connectivity index is 1.97. The third-order valence-corrected chi connectivity index (χ3v) is 4.96. The fourth-order valence-electron chi connectivity index (χ4n) is 3.74. The summed E-state index contributed by atoms with van der Waals surface area (Å²) >= 11 is 0. The van der Waals surface area contributed by atoms with Crippen molar-refractivity contribution in [1.82, 2.24) is 0 Å². The van der Waals surface area contributed by atoms with Gasteiger partial charge in [-0.3, -0.25) is 0 Å². The van der Waals surface area contributed by atoms with Crippen LogP contribution in [0.4, 0.5) is 0 Å². The van der Waals surface area contributed by atoms with Crippen LogP contribution in [0, 0.1) is 0 Å². The van der Waals surface area contributed by atoms with Crippen LogP contribution >= 0.6 is 0 Å². The van der Waals surface area contributed by atoms with Crippen molar-refractivity contribution in [2.24, 2.45) is 0 Å². The molecule has 0 unspecified atom stereocenters. The molecule has 25 heavy (non-hydrogen) atoms. The van der Waals surface area contributed by atoms with E-state index >= 15 is 0 Å². The third-order valence-electron chi connectivity index (χ3n) is 4.96. The van der Waals surface area contributed by atoms with E-state index < -0.39 is 0 Å². The fourth-order valence-corrected chi connectivity index (χ4v) is 3.74. The topological polar surface area (TPSA) is 9.23 Å². The fraction of sp³-hybridized carbons (Fsp3) is 0.167. The van der Waals surface area contributed by atoms with Crippen LogP contribution in [0.1, 0.15) is 35.1 Å². The molecule has 3 aromatic rings. The van der Waals surface area contributed by atoms with E-state index in [9.17, 15) is 0 Å². The van der Waals surface area contributed by atoms with Gasteiger partial charge in [0.2, 0.25) is 0 Å². The van der Waals surface area contributed by atoms with Crippen LogP contribution in [0.25, 0.3) is 11.1 Å². The van der Waals surface area contributed by atoms with Crippen molar-refractivity contribution in [3.8, 4) is 5.75 Å². The van der Waals surface area contributed by atoms with Gasteiger partial charge in [-0.2, -0.15) is 0 Å². The maximum Gasteiger partial charge on any atom is 0.118 e. The minimum atomic E-state index is 0.896. The first-order valence-electron chi connectivity index (χ1n) is 8.88. The molecule has 0 saturated carbocycles. The molecule has 1 aliphatic rings. The van der Waals surface area contributed by atoms with E-state index in [1.807, 2.05) is 0 Å². The quantitative estimate of drug-likeness (QED) is 0.574. The van der Waals surface area contributed by atoms with Crippen LogP contribution in [0.5, 0.6) is 5.75 Å². The summed E-state index contributed by atoms with van der Waals surface area (Å²) in [7, 11) is 1.71. The number of rotatable bonds is 3. The number of ether oxygens (including phenoxy) is 1. The minimum Gasteiger partial charge on any atom is -0.497 e. The highest BCUT2D eigenvalue weighted by Crippen LogP contribution is 2.39. The first-order valence-corrected chi connectivity index (χ1v) is 8.88. The largest absolute Gasteiger partial charge is 0.497 e. The van der Waals surface area contributed by atoms with Crippen LogP contribution < -0.4 is 4.74 Å². The van der Waals surface area contributed by atoms with Gasteiger partial charge in [-0.25, -0.2) is 0 Å². The average Bonchev–Trinajstić information content (AvgIpc) is 2.88. The summed E-state index contributed by atoms with van der Waals surface area (Å²) in [5.74, 6) is 0.896. The number of hydrogen-bond acceptors (Lipinski definition) is 1. The van der Waals surface area contributed by atoms with Gasteiger partial charge in [0, 0.05) is 0 Å². The molecule has 1 aliphatic carbocycles. The van der Waals surface area contributed by atoms with Crippen LogP contribution in [0.15, 0.2) is 78.9 Å². The molecule has 0 N–H and O–H groups in total. The molecule has 0 amide bonds. The van der Waals surface area contributed by atoms with E-state index in [2.05, 4.69) is 78.9 Å². The Kier molecular flexibility index (Phi) is 4.39. The van der Waals surface area contributed by atoms with E-state index in [1.54, 1.807) is 7.11 Å². The molecule has 0 aromatic heterocycles. The van der Waals surface area contributed by atoms with Crippen LogP contribution in [0.3, 0.4) is 0 Å². The van der Waals surface area contributed by atoms with Crippen molar-refractivity contribution in [3.63, 3.8) is 0 Å². The number of benzene rings is 3. The second-order valence-corrected chi connectivity index (χ2v) is 6.46. The molecule has 0 heterocycles. The number of fused-ring (bicyclic) bond motifs is 1. The van der Waals surface area contributed by atoms with Gasteiger partial charge < -0.3 is 4.74 Å². The normalized spacial score (nSPS) is 14.0. The monoisotopic (exact) mass is 326 g/mol. The molecule has 4 rings (SSSR count). The number of allylic oxidation sites excluding steroid dienone is 1. The van der Waals surface area contributed by atoms with Gasteiger partial charge in [0.15, 0.2) is 0 Å². The van der Waals surface area contributed by atoms with E-state index in [0.29, 0.717) is 0 Å². The molecular weight excluding hydrogens is 304 g/mol. The van der Waals surface area contributed by atoms with E-state index in [1.165, 1.54) is 39.8 Å². The minimum absolute atomic E-state index is 0.896. The highest BCUT2D eigenvalue weighted by atomic mass is 16.5. The van der Waals surface area contributed by atoms with Gasteiger partial charge in [-0.15, -0.1) is 0 Å². The van der Waals surface area contributed by atoms with Gasteiger partial charge >= 0.3 is 0 Å². The first-order chi connectivity index (χ1) is 12.4. The maximum atomic E-state index is 5.35. The highest BCUT2D eigenvalue weighted by molar-refractivity contribution is 5.99. The average molecular weight is 326 g/mol. The molecule has 124 valence electrons. The Labute approximate surface area is 149 Å². The molecular formula is C24H22O. The zero-order valence-corrected chi connectivity index (χ0v) is 14.5. The predicted octanol–water partition coefficient (Wildman–Crippen LogP) is 5.99. The van der Waals surface area contributed by atoms with Crippen molar-refractivity contribution in [1.29, 1.82) is 0 Å². The van der Waals surface area contributed by atoms with Crippen molar-refractivity contribution >= 4 is 11.1 Å². The molecule has 0 aliphatic heterocycles. The van der Waals surface area contributed by atoms with Gasteiger partial charge in [0.1, 0.15) is 5.75 Å². The van der Waals surface area contributed by atoms with Crippen molar-refractivity contribution in [2.45, 2.75) is 19.3 Å². The summed E-state index contributed by atoms with van der Waals surface area (Å²) in [5.41, 5.74) is 8.19. The van der Waals surface area contributed by atoms with Gasteiger partial charge in [0.25, 0.3) is 0 Å². The Hall–Kier alpha value is -2.80. The lowest BCUT2D eigenvalue weighted by Gasteiger charge is -2.16. The highest BCUT2D eigenvalue weighted by Gasteiger charge is 2.19. The standard InChI is InChI=1S/C24H22O/c1-25-21-16-14-20(15-17-21)24-22-12-6-5-10-19(22)11-7-13-23(24)18-8-3-2-4-9-18/h2-6,8-10,12,14-17H,7,11,13H2,1H3. The molecule has 0 bridgehead atoms. The number of aryl methyl sites for hydroxylation is 1. The number of methoxy groups -OCH3 is 1. The Bertz CT molecular complexity index is 889. The zero-order valence-electron chi connectivity index (χ0n) is 14.5. The molecule has 1 nitrogen and oxygen atoms in total. The molecule has 3 aromatic carbocycles. The van der Waals surface area contributed by atoms with Crippen molar-refractivity contribution in [2.75, 3.05) is 7.11 Å². The summed E-state index contributed by atoms with van der Waals surface area (Å²) in [6, 6.07) is 28.1. The van der Waals surface area contributed by atoms with Crippen LogP contribution in [-0.2, 0) is 6.42 Å². The van der Waals surface area contributed by atoms with Gasteiger partial charge in [-0.05, 0) is 64.8 Å². The van der Waals surface area contributed by atoms with Crippen LogP contribution in [0.2, 0.25) is 0 Å². The van der Waals surface area contributed by atoms with Crippen LogP contribution in [-0.4, -0.2) is 7.11 Å². The number of hydrogen-bond donors (Lipinski definition) is 0. The Morgan fingerprint density at radius 3 is 2.16 bits per heavy atom. The van der Waals surface area contributed by atoms with Gasteiger partial charge in [-0.1, -0.05) is 66.7 Å². The maximum absolute atomic E-state index is 5.35. The lowest BCUT2D eigenvalue weighted by molar-refractivity contribution is 0.415. The molecule has 1 heteroatoms. The van der Waals surface area contributed by atoms with E-state index in [4.69, 9.17) is 4.74 Å². The van der Waals surface area contributed by atoms with Crippen molar-refractivity contribution < 1.29 is 4.74 Å². The lowest BCUT2D eigenvalue weighted by Crippen LogP contribution is -1.96. The molecule has 0 fully saturated rings. The van der Waals surface area contributed by atoms with E-state index in [0.717, 1.165) is 18.6 Å². The smallest absolute Gasteiger partial charge is 0.118 e. The molecule has 0 saturated heterocycles. The Morgan fingerprint density at radius 1 is 0.680 bits per heavy atom. The van der Waals surface area contributed by atoms with Crippen molar-refractivity contribution in [3.05, 3.63) is 101 Å². The summed E-state index contributed by atoms with van der Waals surface area (Å²) in [5, 5.41) is 0. The van der Waals surface area contributed by atoms with E-state index in [-0.39, 0.29) is 0 Å². The summed E-state index contributed by atoms with van der Waals surface area (Å²) < 4.78 is 5.35. The zero-order chi connectivity index (χ0) is 17.1. The molecule has 0 spiro atoms. The second-order valence-electron chi connectivity index (χ2n) is 6.46. The molecule has 0 radical (unpaired) electrons. The SMILES string of the molecule is COc1ccc(C2=C(c3ccccc3)CCCc3ccccc32)cc1. The lowest BCUT2D eigenvalue weighted by atomic mass is 9.88. The first kappa shape index (κ1) is 15.7. The van der Waals surface area contributed by atoms with Gasteiger partial charge in [0.05, 0.1) is 7.11 Å². The summed E-state index contributed by atoms with van der Waals surface area (Å²) in [6.45, 7) is 0. The second kappa shape index (κ2) is 6.98. The summed E-state index contributed by atoms with van der Waals surface area (Å²) in [6.07, 6.45) is 3.41. The Morgan fingerprint density at radius 2 is 1.40 bits per heavy atom.